The zero-order chi connectivity index (χ0) is 7.56. The lowest BCUT2D eigenvalue weighted by molar-refractivity contribution is -0.00108. The van der Waals surface area contributed by atoms with Gasteiger partial charge in [-0.1, -0.05) is 0 Å². The third kappa shape index (κ3) is 1.48. The molecule has 0 aromatic heterocycles. The van der Waals surface area contributed by atoms with Gasteiger partial charge in [0.15, 0.2) is 0 Å². The van der Waals surface area contributed by atoms with E-state index in [1.165, 1.54) is 0 Å². The minimum atomic E-state index is -0.139. The predicted molar refractivity (Wildman–Crippen MR) is 36.6 cm³/mol. The highest BCUT2D eigenvalue weighted by Crippen LogP contribution is 2.25. The summed E-state index contributed by atoms with van der Waals surface area (Å²) in [4.78, 5) is 0. The molecule has 0 bridgehead atoms. The first-order chi connectivity index (χ1) is 4.77. The molecule has 0 radical (unpaired) electrons. The average molecular weight is 146 g/mol. The van der Waals surface area contributed by atoms with Gasteiger partial charge in [-0.3, -0.25) is 0 Å². The van der Waals surface area contributed by atoms with Gasteiger partial charge in [0, 0.05) is 12.5 Å². The average Bonchev–Trinajstić information content (AvgIpc) is 2.30. The van der Waals surface area contributed by atoms with Crippen LogP contribution in [0.3, 0.4) is 0 Å². The summed E-state index contributed by atoms with van der Waals surface area (Å²) in [5.74, 6) is 0.139. The Balaban J connectivity index is 2.41. The van der Waals surface area contributed by atoms with Gasteiger partial charge in [0.2, 0.25) is 0 Å². The van der Waals surface area contributed by atoms with Crippen LogP contribution in [0, 0.1) is 5.92 Å². The molecule has 0 spiro atoms. The number of hydrogen-bond acceptors (Lipinski definition) is 3. The Morgan fingerprint density at radius 3 is 2.50 bits per heavy atom. The predicted octanol–water partition coefficient (Wildman–Crippen LogP) is -0.235. The zero-order valence-electron chi connectivity index (χ0n) is 6.16. The number of ether oxygens (including phenoxy) is 1. The van der Waals surface area contributed by atoms with E-state index in [9.17, 15) is 0 Å². The van der Waals surface area contributed by atoms with Crippen LogP contribution in [0.1, 0.15) is 13.3 Å². The molecule has 0 saturated carbocycles. The fourth-order valence-corrected chi connectivity index (χ4v) is 1.43. The summed E-state index contributed by atoms with van der Waals surface area (Å²) in [6.45, 7) is 2.10. The fourth-order valence-electron chi connectivity index (χ4n) is 1.43. The van der Waals surface area contributed by atoms with Crippen LogP contribution in [0.25, 0.3) is 0 Å². The van der Waals surface area contributed by atoms with Crippen LogP contribution in [0.15, 0.2) is 0 Å². The summed E-state index contributed by atoms with van der Waals surface area (Å²) < 4.78 is 5.30. The van der Waals surface area contributed by atoms with Gasteiger partial charge in [-0.2, -0.15) is 0 Å². The molecule has 1 rings (SSSR count). The molecule has 1 unspecified atom stereocenters. The molecule has 3 atom stereocenters. The second-order valence-corrected chi connectivity index (χ2v) is 2.85. The van der Waals surface area contributed by atoms with Crippen LogP contribution in [-0.2, 0) is 4.74 Å². The lowest BCUT2D eigenvalue weighted by Gasteiger charge is -2.12. The minimum Gasteiger partial charge on any atom is -0.396 e. The smallest absolute Gasteiger partial charge is 0.0860 e. The highest BCUT2D eigenvalue weighted by molar-refractivity contribution is 4.78. The number of rotatable bonds is 2. The van der Waals surface area contributed by atoms with E-state index in [1.807, 2.05) is 6.92 Å². The maximum Gasteiger partial charge on any atom is 0.0860 e. The van der Waals surface area contributed by atoms with Gasteiger partial charge in [0.05, 0.1) is 18.8 Å². The standard InChI is InChI=1S/C7H14O3/c1-5-2-6(3-8)7(4-9)10-5/h5-9H,2-4H2,1H3/t5?,6-,7-/m1/s1. The van der Waals surface area contributed by atoms with Gasteiger partial charge >= 0.3 is 0 Å². The SMILES string of the molecule is CC1C[C@H](CO)[C@@H](CO)O1. The molecule has 0 aromatic carbocycles. The van der Waals surface area contributed by atoms with Crippen molar-refractivity contribution in [1.82, 2.24) is 0 Å². The molecule has 0 amide bonds. The molecule has 3 heteroatoms. The van der Waals surface area contributed by atoms with Crippen LogP contribution in [0.4, 0.5) is 0 Å². The van der Waals surface area contributed by atoms with E-state index in [0.717, 1.165) is 6.42 Å². The molecule has 1 saturated heterocycles. The Hall–Kier alpha value is -0.120. The van der Waals surface area contributed by atoms with Gasteiger partial charge in [0.1, 0.15) is 0 Å². The molecule has 1 heterocycles. The van der Waals surface area contributed by atoms with Crippen LogP contribution in [0.5, 0.6) is 0 Å². The van der Waals surface area contributed by atoms with E-state index in [-0.39, 0.29) is 31.3 Å². The second kappa shape index (κ2) is 3.32. The van der Waals surface area contributed by atoms with Crippen molar-refractivity contribution in [2.75, 3.05) is 13.2 Å². The molecule has 1 aliphatic heterocycles. The van der Waals surface area contributed by atoms with Crippen LogP contribution < -0.4 is 0 Å². The molecular formula is C7H14O3. The third-order valence-electron chi connectivity index (χ3n) is 1.98. The van der Waals surface area contributed by atoms with Crippen molar-refractivity contribution in [1.29, 1.82) is 0 Å². The number of aliphatic hydroxyl groups excluding tert-OH is 2. The van der Waals surface area contributed by atoms with E-state index < -0.39 is 0 Å². The Morgan fingerprint density at radius 2 is 2.10 bits per heavy atom. The molecule has 0 aliphatic carbocycles. The molecule has 3 nitrogen and oxygen atoms in total. The van der Waals surface area contributed by atoms with Gasteiger partial charge in [-0.15, -0.1) is 0 Å². The summed E-state index contributed by atoms with van der Waals surface area (Å²) in [6, 6.07) is 0. The summed E-state index contributed by atoms with van der Waals surface area (Å²) in [5, 5.41) is 17.5. The van der Waals surface area contributed by atoms with E-state index in [0.29, 0.717) is 0 Å². The first-order valence-corrected chi connectivity index (χ1v) is 3.65. The van der Waals surface area contributed by atoms with E-state index in [2.05, 4.69) is 0 Å². The fraction of sp³-hybridized carbons (Fsp3) is 1.00. The van der Waals surface area contributed by atoms with Crippen molar-refractivity contribution in [2.45, 2.75) is 25.6 Å². The monoisotopic (exact) mass is 146 g/mol. The Morgan fingerprint density at radius 1 is 1.40 bits per heavy atom. The largest absolute Gasteiger partial charge is 0.396 e. The Bertz CT molecular complexity index is 93.0. The van der Waals surface area contributed by atoms with Crippen molar-refractivity contribution < 1.29 is 14.9 Å². The van der Waals surface area contributed by atoms with Gasteiger partial charge in [-0.25, -0.2) is 0 Å². The third-order valence-corrected chi connectivity index (χ3v) is 1.98. The molecule has 0 aromatic rings. The van der Waals surface area contributed by atoms with Crippen LogP contribution in [0.2, 0.25) is 0 Å². The molecule has 10 heavy (non-hydrogen) atoms. The maximum absolute atomic E-state index is 8.79. The lowest BCUT2D eigenvalue weighted by atomic mass is 10.0. The Kier molecular flexibility index (Phi) is 2.65. The van der Waals surface area contributed by atoms with Crippen molar-refractivity contribution >= 4 is 0 Å². The normalized spacial score (nSPS) is 40.5. The van der Waals surface area contributed by atoms with Gasteiger partial charge < -0.3 is 14.9 Å². The molecule has 2 N–H and O–H groups in total. The summed E-state index contributed by atoms with van der Waals surface area (Å²) in [7, 11) is 0. The van der Waals surface area contributed by atoms with Crippen LogP contribution >= 0.6 is 0 Å². The topological polar surface area (TPSA) is 49.7 Å². The van der Waals surface area contributed by atoms with Crippen molar-refractivity contribution in [3.8, 4) is 0 Å². The highest BCUT2D eigenvalue weighted by atomic mass is 16.5. The second-order valence-electron chi connectivity index (χ2n) is 2.85. The number of hydrogen-bond donors (Lipinski definition) is 2. The highest BCUT2D eigenvalue weighted by Gasteiger charge is 2.31. The van der Waals surface area contributed by atoms with E-state index in [4.69, 9.17) is 14.9 Å². The Labute approximate surface area is 60.6 Å². The van der Waals surface area contributed by atoms with Crippen LogP contribution in [-0.4, -0.2) is 35.6 Å². The summed E-state index contributed by atoms with van der Waals surface area (Å²) >= 11 is 0. The van der Waals surface area contributed by atoms with Crippen molar-refractivity contribution in [3.63, 3.8) is 0 Å². The first kappa shape index (κ1) is 7.98. The van der Waals surface area contributed by atoms with E-state index in [1.54, 1.807) is 0 Å². The van der Waals surface area contributed by atoms with Gasteiger partial charge in [0.25, 0.3) is 0 Å². The first-order valence-electron chi connectivity index (χ1n) is 3.65. The summed E-state index contributed by atoms with van der Waals surface area (Å²) in [6.07, 6.45) is 0.913. The van der Waals surface area contributed by atoms with Crippen molar-refractivity contribution in [2.24, 2.45) is 5.92 Å². The molecule has 1 fully saturated rings. The molecule has 1 aliphatic rings. The lowest BCUT2D eigenvalue weighted by Crippen LogP contribution is -2.22. The van der Waals surface area contributed by atoms with Gasteiger partial charge in [-0.05, 0) is 13.3 Å². The van der Waals surface area contributed by atoms with Crippen molar-refractivity contribution in [3.05, 3.63) is 0 Å². The minimum absolute atomic E-state index is 0.0234. The quantitative estimate of drug-likeness (QED) is 0.565. The van der Waals surface area contributed by atoms with E-state index >= 15 is 0 Å². The molecular weight excluding hydrogens is 132 g/mol. The molecule has 60 valence electrons. The zero-order valence-corrected chi connectivity index (χ0v) is 6.16. The summed E-state index contributed by atoms with van der Waals surface area (Å²) in [5.41, 5.74) is 0. The number of aliphatic hydroxyl groups is 2. The maximum atomic E-state index is 8.79.